The summed E-state index contributed by atoms with van der Waals surface area (Å²) in [6.45, 7) is 6.24. The highest BCUT2D eigenvalue weighted by molar-refractivity contribution is 7.99. The van der Waals surface area contributed by atoms with E-state index in [1.165, 1.54) is 50.3 Å². The predicted molar refractivity (Wildman–Crippen MR) is 97.3 cm³/mol. The van der Waals surface area contributed by atoms with E-state index in [2.05, 4.69) is 29.4 Å². The number of hydrogen-bond acceptors (Lipinski definition) is 5. The van der Waals surface area contributed by atoms with Gasteiger partial charge in [0.25, 0.3) is 5.22 Å². The van der Waals surface area contributed by atoms with Crippen LogP contribution in [0.25, 0.3) is 0 Å². The zero-order valence-electron chi connectivity index (χ0n) is 15.5. The maximum absolute atomic E-state index is 12.0. The first-order valence-corrected chi connectivity index (χ1v) is 10.7. The number of rotatable bonds is 6. The predicted octanol–water partition coefficient (Wildman–Crippen LogP) is 3.79. The molecule has 4 bridgehead atoms. The molecule has 6 heteroatoms. The molecule has 1 aromatic heterocycles. The molecule has 5 nitrogen and oxygen atoms in total. The fourth-order valence-corrected chi connectivity index (χ4v) is 6.02. The van der Waals surface area contributed by atoms with Crippen molar-refractivity contribution in [2.75, 3.05) is 5.75 Å². The van der Waals surface area contributed by atoms with Gasteiger partial charge in [-0.3, -0.25) is 4.79 Å². The van der Waals surface area contributed by atoms with Crippen molar-refractivity contribution in [3.8, 4) is 0 Å². The van der Waals surface area contributed by atoms with E-state index in [9.17, 15) is 4.79 Å². The third-order valence-electron chi connectivity index (χ3n) is 6.61. The Kier molecular flexibility index (Phi) is 4.59. The van der Waals surface area contributed by atoms with Gasteiger partial charge in [-0.05, 0) is 69.1 Å². The monoisotopic (exact) mass is 363 g/mol. The number of aromatic nitrogens is 2. The third kappa shape index (κ3) is 3.46. The smallest absolute Gasteiger partial charge is 0.277 e. The molecule has 1 heterocycles. The summed E-state index contributed by atoms with van der Waals surface area (Å²) in [5, 5.41) is 12.2. The highest BCUT2D eigenvalue weighted by Gasteiger charge is 2.54. The van der Waals surface area contributed by atoms with Crippen molar-refractivity contribution in [3.05, 3.63) is 5.89 Å². The lowest BCUT2D eigenvalue weighted by atomic mass is 9.49. The number of amides is 1. The molecule has 4 aliphatic rings. The molecule has 4 aliphatic carbocycles. The van der Waals surface area contributed by atoms with Gasteiger partial charge in [-0.15, -0.1) is 10.2 Å². The van der Waals surface area contributed by atoms with Crippen molar-refractivity contribution in [2.45, 2.75) is 76.0 Å². The molecule has 1 N–H and O–H groups in total. The molecule has 0 aromatic carbocycles. The Balaban J connectivity index is 1.37. The van der Waals surface area contributed by atoms with Crippen molar-refractivity contribution in [1.29, 1.82) is 0 Å². The summed E-state index contributed by atoms with van der Waals surface area (Å²) in [4.78, 5) is 12.0. The second-order valence-corrected chi connectivity index (χ2v) is 9.89. The number of hydrogen-bond donors (Lipinski definition) is 1. The molecular formula is C19H29N3O2S. The average Bonchev–Trinajstić information content (AvgIpc) is 3.01. The zero-order chi connectivity index (χ0) is 17.6. The van der Waals surface area contributed by atoms with E-state index in [0.717, 1.165) is 23.6 Å². The van der Waals surface area contributed by atoms with Gasteiger partial charge >= 0.3 is 0 Å². The first kappa shape index (κ1) is 17.4. The third-order valence-corrected chi connectivity index (χ3v) is 7.43. The molecule has 0 radical (unpaired) electrons. The van der Waals surface area contributed by atoms with Crippen molar-refractivity contribution < 1.29 is 9.21 Å². The van der Waals surface area contributed by atoms with Crippen molar-refractivity contribution >= 4 is 17.7 Å². The summed E-state index contributed by atoms with van der Waals surface area (Å²) in [5.41, 5.74) is 0.134. The molecule has 5 rings (SSSR count). The molecule has 25 heavy (non-hydrogen) atoms. The van der Waals surface area contributed by atoms with Gasteiger partial charge < -0.3 is 9.73 Å². The van der Waals surface area contributed by atoms with E-state index in [-0.39, 0.29) is 17.4 Å². The number of nitrogens with one attached hydrogen (secondary N) is 1. The van der Waals surface area contributed by atoms with E-state index in [1.807, 2.05) is 6.92 Å². The van der Waals surface area contributed by atoms with Crippen LogP contribution in [0.5, 0.6) is 0 Å². The molecule has 4 saturated carbocycles. The van der Waals surface area contributed by atoms with Crippen LogP contribution in [0.15, 0.2) is 9.64 Å². The van der Waals surface area contributed by atoms with Crippen molar-refractivity contribution in [3.63, 3.8) is 0 Å². The Morgan fingerprint density at radius 3 is 2.32 bits per heavy atom. The first-order chi connectivity index (χ1) is 11.9. The van der Waals surface area contributed by atoms with E-state index in [4.69, 9.17) is 4.42 Å². The average molecular weight is 364 g/mol. The Morgan fingerprint density at radius 2 is 1.76 bits per heavy atom. The van der Waals surface area contributed by atoms with Crippen molar-refractivity contribution in [2.24, 2.45) is 23.7 Å². The SMILES string of the molecule is CC(C)[C@H](C)NC(=O)CSc1nnc(C23CC4CC(CC(C4)C2)C3)o1. The van der Waals surface area contributed by atoms with E-state index in [1.54, 1.807) is 0 Å². The number of thioether (sulfide) groups is 1. The summed E-state index contributed by atoms with van der Waals surface area (Å²) in [6, 6.07) is 0.179. The van der Waals surface area contributed by atoms with Crippen LogP contribution in [0.4, 0.5) is 0 Å². The van der Waals surface area contributed by atoms with Gasteiger partial charge in [0.2, 0.25) is 11.8 Å². The lowest BCUT2D eigenvalue weighted by Gasteiger charge is -2.55. The van der Waals surface area contributed by atoms with Crippen molar-refractivity contribution in [1.82, 2.24) is 15.5 Å². The molecule has 1 atom stereocenters. The molecule has 4 fully saturated rings. The second-order valence-electron chi connectivity index (χ2n) is 8.96. The fraction of sp³-hybridized carbons (Fsp3) is 0.842. The van der Waals surface area contributed by atoms with Crippen LogP contribution in [0.3, 0.4) is 0 Å². The molecule has 138 valence electrons. The number of carbonyl (C=O) groups is 1. The molecule has 0 aliphatic heterocycles. The van der Waals surface area contributed by atoms with E-state index in [0.29, 0.717) is 16.9 Å². The van der Waals surface area contributed by atoms with Crippen LogP contribution in [0, 0.1) is 23.7 Å². The molecule has 0 saturated heterocycles. The van der Waals surface area contributed by atoms with Gasteiger partial charge in [0.1, 0.15) is 0 Å². The Morgan fingerprint density at radius 1 is 1.16 bits per heavy atom. The summed E-state index contributed by atoms with van der Waals surface area (Å²) >= 11 is 1.35. The van der Waals surface area contributed by atoms with Gasteiger partial charge in [-0.2, -0.15) is 0 Å². The van der Waals surface area contributed by atoms with Crippen LogP contribution >= 0.6 is 11.8 Å². The summed E-state index contributed by atoms with van der Waals surface area (Å²) in [5.74, 6) is 4.21. The highest BCUT2D eigenvalue weighted by Crippen LogP contribution is 2.60. The Bertz CT molecular complexity index is 607. The lowest BCUT2D eigenvalue weighted by molar-refractivity contribution is -0.119. The fourth-order valence-electron chi connectivity index (χ4n) is 5.44. The molecule has 1 aromatic rings. The zero-order valence-corrected chi connectivity index (χ0v) is 16.3. The van der Waals surface area contributed by atoms with Gasteiger partial charge in [0.15, 0.2) is 0 Å². The molecular weight excluding hydrogens is 334 g/mol. The number of carbonyl (C=O) groups excluding carboxylic acids is 1. The first-order valence-electron chi connectivity index (χ1n) is 9.69. The van der Waals surface area contributed by atoms with Gasteiger partial charge in [-0.25, -0.2) is 0 Å². The summed E-state index contributed by atoms with van der Waals surface area (Å²) < 4.78 is 6.03. The van der Waals surface area contributed by atoms with Crippen LogP contribution in [-0.4, -0.2) is 27.9 Å². The topological polar surface area (TPSA) is 68.0 Å². The maximum Gasteiger partial charge on any atom is 0.277 e. The normalized spacial score (nSPS) is 34.5. The molecule has 1 amide bonds. The van der Waals surface area contributed by atoms with Gasteiger partial charge in [0, 0.05) is 11.5 Å². The molecule has 0 spiro atoms. The summed E-state index contributed by atoms with van der Waals surface area (Å²) in [7, 11) is 0. The number of nitrogens with zero attached hydrogens (tertiary/aromatic N) is 2. The second kappa shape index (κ2) is 6.60. The standard InChI is InChI=1S/C19H29N3O2S/c1-11(2)12(3)20-16(23)10-25-18-22-21-17(24-18)19-7-13-4-14(8-19)6-15(5-13)9-19/h11-15H,4-10H2,1-3H3,(H,20,23)/t12-,13?,14?,15?,19?/m0/s1. The lowest BCUT2D eigenvalue weighted by Crippen LogP contribution is -2.48. The largest absolute Gasteiger partial charge is 0.415 e. The van der Waals surface area contributed by atoms with Crippen LogP contribution in [0.2, 0.25) is 0 Å². The van der Waals surface area contributed by atoms with Crippen LogP contribution < -0.4 is 5.32 Å². The molecule has 0 unspecified atom stereocenters. The minimum atomic E-state index is 0.0285. The summed E-state index contributed by atoms with van der Waals surface area (Å²) in [6.07, 6.45) is 7.88. The van der Waals surface area contributed by atoms with Gasteiger partial charge in [0.05, 0.1) is 5.75 Å². The highest BCUT2D eigenvalue weighted by atomic mass is 32.2. The van der Waals surface area contributed by atoms with Gasteiger partial charge in [-0.1, -0.05) is 25.6 Å². The Labute approximate surface area is 154 Å². The van der Waals surface area contributed by atoms with E-state index >= 15 is 0 Å². The van der Waals surface area contributed by atoms with Crippen LogP contribution in [0.1, 0.15) is 65.2 Å². The quantitative estimate of drug-likeness (QED) is 0.779. The van der Waals surface area contributed by atoms with E-state index < -0.39 is 0 Å². The minimum absolute atomic E-state index is 0.0285. The Hall–Kier alpha value is -1.04. The maximum atomic E-state index is 12.0. The van der Waals surface area contributed by atoms with Crippen LogP contribution in [-0.2, 0) is 10.2 Å². The minimum Gasteiger partial charge on any atom is -0.415 e.